The standard InChI is InChI=1S/C12H23F3N2O2/c1-4-7-16-10(11(18)19-3)5-8-17(2)9-6-12(13,14)15/h10,16H,4-9H2,1-3H3. The molecule has 19 heavy (non-hydrogen) atoms. The van der Waals surface area contributed by atoms with Crippen molar-refractivity contribution < 1.29 is 22.7 Å². The van der Waals surface area contributed by atoms with Gasteiger partial charge in [-0.15, -0.1) is 0 Å². The fourth-order valence-electron chi connectivity index (χ4n) is 1.54. The highest BCUT2D eigenvalue weighted by Crippen LogP contribution is 2.19. The smallest absolute Gasteiger partial charge is 0.390 e. The highest BCUT2D eigenvalue weighted by atomic mass is 19.4. The number of methoxy groups -OCH3 is 1. The first-order chi connectivity index (χ1) is 8.80. The van der Waals surface area contributed by atoms with E-state index >= 15 is 0 Å². The number of nitrogens with zero attached hydrogens (tertiary/aromatic N) is 1. The van der Waals surface area contributed by atoms with Gasteiger partial charge in [0, 0.05) is 6.54 Å². The number of hydrogen-bond acceptors (Lipinski definition) is 4. The van der Waals surface area contributed by atoms with Crippen molar-refractivity contribution in [2.24, 2.45) is 0 Å². The van der Waals surface area contributed by atoms with Gasteiger partial charge in [-0.1, -0.05) is 6.92 Å². The molecule has 0 saturated carbocycles. The van der Waals surface area contributed by atoms with Crippen LogP contribution in [0.2, 0.25) is 0 Å². The minimum atomic E-state index is -4.14. The molecule has 0 saturated heterocycles. The van der Waals surface area contributed by atoms with Gasteiger partial charge in [0.1, 0.15) is 6.04 Å². The Morgan fingerprint density at radius 1 is 1.37 bits per heavy atom. The highest BCUT2D eigenvalue weighted by molar-refractivity contribution is 5.75. The van der Waals surface area contributed by atoms with E-state index in [0.29, 0.717) is 19.5 Å². The van der Waals surface area contributed by atoms with E-state index < -0.39 is 18.6 Å². The van der Waals surface area contributed by atoms with E-state index in [1.807, 2.05) is 6.92 Å². The second kappa shape index (κ2) is 9.14. The third kappa shape index (κ3) is 9.72. The zero-order valence-electron chi connectivity index (χ0n) is 11.7. The summed E-state index contributed by atoms with van der Waals surface area (Å²) in [6.07, 6.45) is -3.68. The van der Waals surface area contributed by atoms with E-state index in [1.54, 1.807) is 11.9 Å². The second-order valence-electron chi connectivity index (χ2n) is 4.49. The fourth-order valence-corrected chi connectivity index (χ4v) is 1.54. The molecule has 7 heteroatoms. The fraction of sp³-hybridized carbons (Fsp3) is 0.917. The molecule has 0 aromatic rings. The molecule has 1 unspecified atom stereocenters. The number of hydrogen-bond donors (Lipinski definition) is 1. The van der Waals surface area contributed by atoms with Gasteiger partial charge in [0.05, 0.1) is 13.5 Å². The molecule has 0 rings (SSSR count). The van der Waals surface area contributed by atoms with Crippen molar-refractivity contribution in [1.29, 1.82) is 0 Å². The first-order valence-corrected chi connectivity index (χ1v) is 6.36. The average molecular weight is 284 g/mol. The second-order valence-corrected chi connectivity index (χ2v) is 4.49. The molecule has 0 aliphatic heterocycles. The number of ether oxygens (including phenoxy) is 1. The Hall–Kier alpha value is -0.820. The third-order valence-corrected chi connectivity index (χ3v) is 2.70. The molecule has 0 aromatic carbocycles. The van der Waals surface area contributed by atoms with Gasteiger partial charge in [0.2, 0.25) is 0 Å². The number of rotatable bonds is 9. The molecule has 1 atom stereocenters. The Labute approximate surface area is 112 Å². The number of carbonyl (C=O) groups is 1. The summed E-state index contributed by atoms with van der Waals surface area (Å²) < 4.78 is 40.8. The lowest BCUT2D eigenvalue weighted by Gasteiger charge is -2.21. The van der Waals surface area contributed by atoms with Crippen molar-refractivity contribution >= 4 is 5.97 Å². The summed E-state index contributed by atoms with van der Waals surface area (Å²) in [7, 11) is 2.91. The van der Waals surface area contributed by atoms with Crippen LogP contribution >= 0.6 is 0 Å². The third-order valence-electron chi connectivity index (χ3n) is 2.70. The summed E-state index contributed by atoms with van der Waals surface area (Å²) in [5.74, 6) is -0.377. The lowest BCUT2D eigenvalue weighted by atomic mass is 10.2. The van der Waals surface area contributed by atoms with Crippen molar-refractivity contribution in [2.75, 3.05) is 33.8 Å². The minimum Gasteiger partial charge on any atom is -0.468 e. The van der Waals surface area contributed by atoms with Gasteiger partial charge in [-0.3, -0.25) is 4.79 Å². The van der Waals surface area contributed by atoms with E-state index in [-0.39, 0.29) is 12.5 Å². The zero-order valence-corrected chi connectivity index (χ0v) is 11.7. The van der Waals surface area contributed by atoms with Crippen LogP contribution in [-0.4, -0.2) is 56.9 Å². The van der Waals surface area contributed by atoms with E-state index in [1.165, 1.54) is 7.11 Å². The Bertz CT molecular complexity index is 260. The van der Waals surface area contributed by atoms with Crippen LogP contribution in [-0.2, 0) is 9.53 Å². The molecule has 0 fully saturated rings. The van der Waals surface area contributed by atoms with Crippen LogP contribution < -0.4 is 5.32 Å². The van der Waals surface area contributed by atoms with Crippen LogP contribution in [0.3, 0.4) is 0 Å². The van der Waals surface area contributed by atoms with Crippen molar-refractivity contribution in [1.82, 2.24) is 10.2 Å². The minimum absolute atomic E-state index is 0.0643. The topological polar surface area (TPSA) is 41.6 Å². The van der Waals surface area contributed by atoms with Crippen LogP contribution in [0.4, 0.5) is 13.2 Å². The normalized spacial score (nSPS) is 13.6. The van der Waals surface area contributed by atoms with Gasteiger partial charge >= 0.3 is 12.1 Å². The van der Waals surface area contributed by atoms with Gasteiger partial charge in [-0.2, -0.15) is 13.2 Å². The monoisotopic (exact) mass is 284 g/mol. The predicted octanol–water partition coefficient (Wildman–Crippen LogP) is 1.80. The first-order valence-electron chi connectivity index (χ1n) is 6.36. The van der Waals surface area contributed by atoms with Crippen molar-refractivity contribution in [3.63, 3.8) is 0 Å². The molecule has 114 valence electrons. The highest BCUT2D eigenvalue weighted by Gasteiger charge is 2.27. The lowest BCUT2D eigenvalue weighted by Crippen LogP contribution is -2.40. The number of halogens is 3. The summed E-state index contributed by atoms with van der Waals surface area (Å²) in [6.45, 7) is 2.99. The first kappa shape index (κ1) is 18.2. The number of esters is 1. The summed E-state index contributed by atoms with van der Waals surface area (Å²) in [6, 6.07) is -0.460. The molecule has 0 bridgehead atoms. The molecular weight excluding hydrogens is 261 g/mol. The number of carbonyl (C=O) groups excluding carboxylic acids is 1. The van der Waals surface area contributed by atoms with Gasteiger partial charge in [0.25, 0.3) is 0 Å². The Kier molecular flexibility index (Phi) is 8.75. The quantitative estimate of drug-likeness (QED) is 0.656. The molecule has 4 nitrogen and oxygen atoms in total. The molecule has 0 aliphatic rings. The Balaban J connectivity index is 4.05. The largest absolute Gasteiger partial charge is 0.468 e. The number of nitrogens with one attached hydrogen (secondary N) is 1. The molecule has 1 N–H and O–H groups in total. The maximum atomic E-state index is 12.1. The Morgan fingerprint density at radius 2 is 2.00 bits per heavy atom. The Morgan fingerprint density at radius 3 is 2.47 bits per heavy atom. The van der Waals surface area contributed by atoms with E-state index in [9.17, 15) is 18.0 Å². The maximum Gasteiger partial charge on any atom is 0.390 e. The van der Waals surface area contributed by atoms with Crippen LogP contribution in [0.1, 0.15) is 26.2 Å². The summed E-state index contributed by atoms with van der Waals surface area (Å²) >= 11 is 0. The summed E-state index contributed by atoms with van der Waals surface area (Å²) in [5, 5.41) is 3.02. The predicted molar refractivity (Wildman–Crippen MR) is 66.9 cm³/mol. The van der Waals surface area contributed by atoms with Crippen molar-refractivity contribution in [3.05, 3.63) is 0 Å². The number of alkyl halides is 3. The van der Waals surface area contributed by atoms with Crippen LogP contribution in [0.25, 0.3) is 0 Å². The SMILES string of the molecule is CCCNC(CCN(C)CCC(F)(F)F)C(=O)OC. The molecule has 0 aliphatic carbocycles. The molecule has 0 amide bonds. The van der Waals surface area contributed by atoms with Crippen LogP contribution in [0.5, 0.6) is 0 Å². The van der Waals surface area contributed by atoms with Crippen LogP contribution in [0.15, 0.2) is 0 Å². The van der Waals surface area contributed by atoms with Crippen molar-refractivity contribution in [2.45, 2.75) is 38.4 Å². The summed E-state index contributed by atoms with van der Waals surface area (Å²) in [5.41, 5.74) is 0. The van der Waals surface area contributed by atoms with Crippen LogP contribution in [0, 0.1) is 0 Å². The lowest BCUT2D eigenvalue weighted by molar-refractivity contribution is -0.144. The maximum absolute atomic E-state index is 12.1. The molecular formula is C12H23F3N2O2. The molecule has 0 spiro atoms. The van der Waals surface area contributed by atoms with E-state index in [2.05, 4.69) is 10.1 Å². The average Bonchev–Trinajstić information content (AvgIpc) is 2.34. The van der Waals surface area contributed by atoms with Crippen molar-refractivity contribution in [3.8, 4) is 0 Å². The van der Waals surface area contributed by atoms with E-state index in [4.69, 9.17) is 0 Å². The summed E-state index contributed by atoms with van der Waals surface area (Å²) in [4.78, 5) is 13.0. The zero-order chi connectivity index (χ0) is 14.9. The van der Waals surface area contributed by atoms with Gasteiger partial charge < -0.3 is 15.0 Å². The molecule has 0 aromatic heterocycles. The van der Waals surface area contributed by atoms with Gasteiger partial charge in [0.15, 0.2) is 0 Å². The van der Waals surface area contributed by atoms with Gasteiger partial charge in [-0.25, -0.2) is 0 Å². The molecule has 0 heterocycles. The van der Waals surface area contributed by atoms with E-state index in [0.717, 1.165) is 6.42 Å². The molecule has 0 radical (unpaired) electrons. The van der Waals surface area contributed by atoms with Gasteiger partial charge in [-0.05, 0) is 33.0 Å².